The third-order valence-electron chi connectivity index (χ3n) is 2.16. The van der Waals surface area contributed by atoms with E-state index in [-0.39, 0.29) is 10.0 Å². The van der Waals surface area contributed by atoms with Crippen molar-refractivity contribution in [3.8, 4) is 0 Å². The van der Waals surface area contributed by atoms with Crippen molar-refractivity contribution in [2.45, 2.75) is 25.9 Å². The lowest BCUT2D eigenvalue weighted by Crippen LogP contribution is -2.33. The fourth-order valence-electron chi connectivity index (χ4n) is 1.11. The van der Waals surface area contributed by atoms with E-state index < -0.39 is 29.4 Å². The molecule has 0 aliphatic heterocycles. The normalized spacial score (nSPS) is 11.6. The van der Waals surface area contributed by atoms with Crippen molar-refractivity contribution in [3.63, 3.8) is 0 Å². The molecule has 0 aromatic heterocycles. The van der Waals surface area contributed by atoms with Crippen LogP contribution in [0.5, 0.6) is 0 Å². The summed E-state index contributed by atoms with van der Waals surface area (Å²) in [5.41, 5.74) is -1.93. The molecule has 0 amide bonds. The molecule has 0 aliphatic carbocycles. The molecule has 88 valence electrons. The first-order chi connectivity index (χ1) is 7.23. The first-order valence-electron chi connectivity index (χ1n) is 4.61. The van der Waals surface area contributed by atoms with Gasteiger partial charge in [-0.15, -0.1) is 0 Å². The maximum absolute atomic E-state index is 13.5. The zero-order valence-corrected chi connectivity index (χ0v) is 10.4. The molecule has 0 saturated carbocycles. The van der Waals surface area contributed by atoms with Crippen molar-refractivity contribution in [1.29, 1.82) is 0 Å². The Kier molecular flexibility index (Phi) is 3.80. The van der Waals surface area contributed by atoms with E-state index in [1.807, 2.05) is 0 Å². The van der Waals surface area contributed by atoms with Crippen LogP contribution in [0.3, 0.4) is 0 Å². The number of ketones is 1. The molecule has 1 rings (SSSR count). The van der Waals surface area contributed by atoms with Crippen LogP contribution in [0, 0.1) is 11.6 Å². The minimum absolute atomic E-state index is 0.0902. The summed E-state index contributed by atoms with van der Waals surface area (Å²) in [7, 11) is 0. The van der Waals surface area contributed by atoms with E-state index in [4.69, 9.17) is 0 Å². The Hall–Kier alpha value is -0.810. The molecule has 0 heterocycles. The SMILES string of the molecule is CC(C)(O)C(=O)Cc1c(F)ccc(Br)c1F. The minimum Gasteiger partial charge on any atom is -0.383 e. The van der Waals surface area contributed by atoms with Gasteiger partial charge < -0.3 is 5.11 Å². The van der Waals surface area contributed by atoms with Crippen molar-refractivity contribution < 1.29 is 18.7 Å². The van der Waals surface area contributed by atoms with Crippen molar-refractivity contribution in [1.82, 2.24) is 0 Å². The van der Waals surface area contributed by atoms with Crippen molar-refractivity contribution in [2.75, 3.05) is 0 Å². The molecular weight excluding hydrogens is 282 g/mol. The van der Waals surface area contributed by atoms with Crippen LogP contribution in [0.15, 0.2) is 16.6 Å². The molecule has 16 heavy (non-hydrogen) atoms. The third kappa shape index (κ3) is 2.86. The minimum atomic E-state index is -1.60. The van der Waals surface area contributed by atoms with Crippen molar-refractivity contribution in [2.24, 2.45) is 0 Å². The Morgan fingerprint density at radius 1 is 1.44 bits per heavy atom. The summed E-state index contributed by atoms with van der Waals surface area (Å²) in [6.07, 6.45) is -0.472. The standard InChI is InChI=1S/C11H11BrF2O2/c1-11(2,16)9(15)5-6-8(13)4-3-7(12)10(6)14/h3-4,16H,5H2,1-2H3. The lowest BCUT2D eigenvalue weighted by atomic mass is 9.96. The third-order valence-corrected chi connectivity index (χ3v) is 2.77. The molecule has 1 aromatic rings. The first kappa shape index (κ1) is 13.3. The van der Waals surface area contributed by atoms with Crippen molar-refractivity contribution in [3.05, 3.63) is 33.8 Å². The number of Topliss-reactive ketones (excluding diaryl/α,β-unsaturated/α-hetero) is 1. The summed E-state index contributed by atoms with van der Waals surface area (Å²) in [6.45, 7) is 2.56. The first-order valence-corrected chi connectivity index (χ1v) is 5.41. The summed E-state index contributed by atoms with van der Waals surface area (Å²) in [5, 5.41) is 9.39. The van der Waals surface area contributed by atoms with Crippen LogP contribution in [-0.4, -0.2) is 16.5 Å². The number of benzene rings is 1. The highest BCUT2D eigenvalue weighted by molar-refractivity contribution is 9.10. The average molecular weight is 293 g/mol. The van der Waals surface area contributed by atoms with Crippen LogP contribution in [0.25, 0.3) is 0 Å². The largest absolute Gasteiger partial charge is 0.383 e. The van der Waals surface area contributed by atoms with E-state index in [9.17, 15) is 18.7 Å². The molecule has 1 N–H and O–H groups in total. The summed E-state index contributed by atoms with van der Waals surface area (Å²) < 4.78 is 26.9. The second-order valence-corrected chi connectivity index (χ2v) is 4.84. The van der Waals surface area contributed by atoms with Gasteiger partial charge in [-0.25, -0.2) is 8.78 Å². The molecule has 0 aliphatic rings. The van der Waals surface area contributed by atoms with E-state index in [0.717, 1.165) is 6.07 Å². The maximum Gasteiger partial charge on any atom is 0.168 e. The van der Waals surface area contributed by atoms with Crippen LogP contribution in [0.4, 0.5) is 8.78 Å². The predicted octanol–water partition coefficient (Wildman–Crippen LogP) is 2.61. The predicted molar refractivity (Wildman–Crippen MR) is 59.1 cm³/mol. The lowest BCUT2D eigenvalue weighted by Gasteiger charge is -2.16. The van der Waals surface area contributed by atoms with Crippen LogP contribution < -0.4 is 0 Å². The molecule has 0 bridgehead atoms. The number of rotatable bonds is 3. The van der Waals surface area contributed by atoms with Gasteiger partial charge in [0.25, 0.3) is 0 Å². The topological polar surface area (TPSA) is 37.3 Å². The van der Waals surface area contributed by atoms with Crippen LogP contribution in [0.1, 0.15) is 19.4 Å². The number of halogens is 3. The molecule has 0 radical (unpaired) electrons. The Bertz CT molecular complexity index is 425. The molecule has 0 saturated heterocycles. The van der Waals surface area contributed by atoms with Gasteiger partial charge in [-0.1, -0.05) is 0 Å². The molecule has 0 unspecified atom stereocenters. The van der Waals surface area contributed by atoms with Gasteiger partial charge in [-0.2, -0.15) is 0 Å². The zero-order valence-electron chi connectivity index (χ0n) is 8.85. The van der Waals surface area contributed by atoms with Gasteiger partial charge in [0.2, 0.25) is 0 Å². The van der Waals surface area contributed by atoms with E-state index in [1.54, 1.807) is 0 Å². The van der Waals surface area contributed by atoms with Gasteiger partial charge in [0.05, 0.1) is 4.47 Å². The van der Waals surface area contributed by atoms with Gasteiger partial charge >= 0.3 is 0 Å². The molecular formula is C11H11BrF2O2. The highest BCUT2D eigenvalue weighted by atomic mass is 79.9. The Labute approximate surface area is 100 Å². The number of hydrogen-bond acceptors (Lipinski definition) is 2. The molecule has 0 spiro atoms. The zero-order chi connectivity index (χ0) is 12.5. The molecule has 2 nitrogen and oxygen atoms in total. The number of aliphatic hydroxyl groups is 1. The quantitative estimate of drug-likeness (QED) is 0.870. The highest BCUT2D eigenvalue weighted by Crippen LogP contribution is 2.23. The fourth-order valence-corrected chi connectivity index (χ4v) is 1.48. The fraction of sp³-hybridized carbons (Fsp3) is 0.364. The van der Waals surface area contributed by atoms with E-state index in [2.05, 4.69) is 15.9 Å². The second kappa shape index (κ2) is 4.59. The Morgan fingerprint density at radius 3 is 2.50 bits per heavy atom. The van der Waals surface area contributed by atoms with Gasteiger partial charge in [0.1, 0.15) is 17.2 Å². The van der Waals surface area contributed by atoms with Crippen molar-refractivity contribution >= 4 is 21.7 Å². The summed E-state index contributed by atoms with van der Waals surface area (Å²) in [4.78, 5) is 11.5. The Balaban J connectivity index is 3.07. The lowest BCUT2D eigenvalue weighted by molar-refractivity contribution is -0.133. The van der Waals surface area contributed by atoms with Gasteiger partial charge in [-0.05, 0) is 41.9 Å². The molecule has 0 fully saturated rings. The van der Waals surface area contributed by atoms with Gasteiger partial charge in [0.15, 0.2) is 5.78 Å². The van der Waals surface area contributed by atoms with Crippen LogP contribution in [0.2, 0.25) is 0 Å². The Morgan fingerprint density at radius 2 is 2.00 bits per heavy atom. The smallest absolute Gasteiger partial charge is 0.168 e. The van der Waals surface area contributed by atoms with E-state index >= 15 is 0 Å². The van der Waals surface area contributed by atoms with Gasteiger partial charge in [-0.3, -0.25) is 4.79 Å². The van der Waals surface area contributed by atoms with Crippen LogP contribution >= 0.6 is 15.9 Å². The molecule has 5 heteroatoms. The highest BCUT2D eigenvalue weighted by Gasteiger charge is 2.26. The number of carbonyl (C=O) groups is 1. The van der Waals surface area contributed by atoms with Gasteiger partial charge in [0, 0.05) is 12.0 Å². The average Bonchev–Trinajstić information content (AvgIpc) is 2.17. The van der Waals surface area contributed by atoms with E-state index in [1.165, 1.54) is 19.9 Å². The summed E-state index contributed by atoms with van der Waals surface area (Å²) >= 11 is 2.91. The summed E-state index contributed by atoms with van der Waals surface area (Å²) in [5.74, 6) is -2.24. The summed E-state index contributed by atoms with van der Waals surface area (Å²) in [6, 6.07) is 2.29. The molecule has 1 aromatic carbocycles. The second-order valence-electron chi connectivity index (χ2n) is 3.98. The number of carbonyl (C=O) groups excluding carboxylic acids is 1. The molecule has 0 atom stereocenters. The van der Waals surface area contributed by atoms with Crippen LogP contribution in [-0.2, 0) is 11.2 Å². The van der Waals surface area contributed by atoms with E-state index in [0.29, 0.717) is 0 Å². The maximum atomic E-state index is 13.5. The monoisotopic (exact) mass is 292 g/mol. The number of hydrogen-bond donors (Lipinski definition) is 1.